The third-order valence-electron chi connectivity index (χ3n) is 3.42. The molecule has 3 nitrogen and oxygen atoms in total. The number of nitrogen functional groups attached to an aromatic ring is 1. The van der Waals surface area contributed by atoms with E-state index in [9.17, 15) is 4.39 Å². The van der Waals surface area contributed by atoms with E-state index in [0.717, 1.165) is 25.3 Å². The lowest BCUT2D eigenvalue weighted by molar-refractivity contribution is 0.108. The Kier molecular flexibility index (Phi) is 3.52. The van der Waals surface area contributed by atoms with Crippen LogP contribution in [-0.2, 0) is 4.74 Å². The fourth-order valence-corrected chi connectivity index (χ4v) is 2.14. The second-order valence-corrected chi connectivity index (χ2v) is 4.69. The monoisotopic (exact) mass is 238 g/mol. The van der Waals surface area contributed by atoms with Gasteiger partial charge in [-0.05, 0) is 38.0 Å². The van der Waals surface area contributed by atoms with Crippen molar-refractivity contribution in [2.45, 2.75) is 26.4 Å². The van der Waals surface area contributed by atoms with Crippen molar-refractivity contribution in [3.63, 3.8) is 0 Å². The molecule has 0 spiro atoms. The van der Waals surface area contributed by atoms with Crippen LogP contribution in [0.1, 0.15) is 18.9 Å². The third-order valence-corrected chi connectivity index (χ3v) is 3.42. The van der Waals surface area contributed by atoms with Crippen LogP contribution in [0, 0.1) is 18.7 Å². The van der Waals surface area contributed by atoms with Crippen LogP contribution in [-0.4, -0.2) is 19.3 Å². The smallest absolute Gasteiger partial charge is 0.128 e. The molecule has 94 valence electrons. The van der Waals surface area contributed by atoms with E-state index in [1.54, 1.807) is 13.0 Å². The highest BCUT2D eigenvalue weighted by molar-refractivity contribution is 5.67. The van der Waals surface area contributed by atoms with Gasteiger partial charge in [0, 0.05) is 19.1 Å². The van der Waals surface area contributed by atoms with Crippen molar-refractivity contribution < 1.29 is 9.13 Å². The van der Waals surface area contributed by atoms with E-state index < -0.39 is 0 Å². The van der Waals surface area contributed by atoms with E-state index in [0.29, 0.717) is 17.2 Å². The van der Waals surface area contributed by atoms with Crippen LogP contribution in [0.3, 0.4) is 0 Å². The predicted octanol–water partition coefficient (Wildman–Crippen LogP) is 2.55. The summed E-state index contributed by atoms with van der Waals surface area (Å²) in [6, 6.07) is 3.12. The molecule has 1 aliphatic rings. The highest BCUT2D eigenvalue weighted by atomic mass is 19.1. The van der Waals surface area contributed by atoms with Crippen molar-refractivity contribution >= 4 is 11.4 Å². The Morgan fingerprint density at radius 1 is 1.53 bits per heavy atom. The van der Waals surface area contributed by atoms with E-state index in [1.165, 1.54) is 6.07 Å². The van der Waals surface area contributed by atoms with E-state index in [2.05, 4.69) is 12.2 Å². The molecule has 0 saturated carbocycles. The molecule has 0 radical (unpaired) electrons. The number of ether oxygens (including phenoxy) is 1. The van der Waals surface area contributed by atoms with Gasteiger partial charge in [0.1, 0.15) is 5.82 Å². The maximum absolute atomic E-state index is 13.2. The highest BCUT2D eigenvalue weighted by Crippen LogP contribution is 2.25. The number of aryl methyl sites for hydroxylation is 1. The van der Waals surface area contributed by atoms with Crippen LogP contribution in [0.15, 0.2) is 12.1 Å². The standard InChI is InChI=1S/C13H19FN2O/c1-8-5-13(12(15)6-11(8)14)16-7-10-3-4-17-9(10)2/h5-6,9-10,16H,3-4,7,15H2,1-2H3. The molecule has 17 heavy (non-hydrogen) atoms. The van der Waals surface area contributed by atoms with Crippen LogP contribution in [0.5, 0.6) is 0 Å². The molecule has 2 rings (SSSR count). The van der Waals surface area contributed by atoms with Gasteiger partial charge < -0.3 is 15.8 Å². The van der Waals surface area contributed by atoms with Gasteiger partial charge in [-0.15, -0.1) is 0 Å². The average Bonchev–Trinajstić information content (AvgIpc) is 2.68. The van der Waals surface area contributed by atoms with Gasteiger partial charge in [0.2, 0.25) is 0 Å². The van der Waals surface area contributed by atoms with Gasteiger partial charge in [-0.2, -0.15) is 0 Å². The van der Waals surface area contributed by atoms with Gasteiger partial charge >= 0.3 is 0 Å². The lowest BCUT2D eigenvalue weighted by atomic mass is 10.0. The first-order valence-electron chi connectivity index (χ1n) is 5.99. The molecule has 1 fully saturated rings. The molecule has 2 unspecified atom stereocenters. The van der Waals surface area contributed by atoms with Gasteiger partial charge in [-0.3, -0.25) is 0 Å². The maximum Gasteiger partial charge on any atom is 0.128 e. The Labute approximate surface area is 101 Å². The molecule has 4 heteroatoms. The van der Waals surface area contributed by atoms with Gasteiger partial charge in [-0.1, -0.05) is 0 Å². The zero-order valence-electron chi connectivity index (χ0n) is 10.3. The molecule has 1 saturated heterocycles. The lowest BCUT2D eigenvalue weighted by Gasteiger charge is -2.17. The summed E-state index contributed by atoms with van der Waals surface area (Å²) in [6.07, 6.45) is 1.35. The van der Waals surface area contributed by atoms with E-state index in [-0.39, 0.29) is 11.9 Å². The quantitative estimate of drug-likeness (QED) is 0.796. The van der Waals surface area contributed by atoms with Crippen LogP contribution >= 0.6 is 0 Å². The molecule has 1 aliphatic heterocycles. The summed E-state index contributed by atoms with van der Waals surface area (Å²) < 4.78 is 18.7. The van der Waals surface area contributed by atoms with Crippen LogP contribution in [0.25, 0.3) is 0 Å². The van der Waals surface area contributed by atoms with E-state index in [1.807, 2.05) is 0 Å². The molecule has 0 aromatic heterocycles. The molecule has 1 aromatic rings. The first-order valence-corrected chi connectivity index (χ1v) is 5.99. The number of hydrogen-bond donors (Lipinski definition) is 2. The molecule has 0 aliphatic carbocycles. The zero-order valence-corrected chi connectivity index (χ0v) is 10.3. The molecule has 1 heterocycles. The summed E-state index contributed by atoms with van der Waals surface area (Å²) >= 11 is 0. The highest BCUT2D eigenvalue weighted by Gasteiger charge is 2.23. The number of nitrogens with two attached hydrogens (primary N) is 1. The van der Waals surface area contributed by atoms with Crippen molar-refractivity contribution in [3.05, 3.63) is 23.5 Å². The van der Waals surface area contributed by atoms with Crippen LogP contribution in [0.4, 0.5) is 15.8 Å². The summed E-state index contributed by atoms with van der Waals surface area (Å²) in [5.74, 6) is 0.241. The summed E-state index contributed by atoms with van der Waals surface area (Å²) in [5.41, 5.74) is 7.65. The van der Waals surface area contributed by atoms with Gasteiger partial charge in [0.05, 0.1) is 17.5 Å². The normalized spacial score (nSPS) is 23.9. The first kappa shape index (κ1) is 12.2. The molecular weight excluding hydrogens is 219 g/mol. The van der Waals surface area contributed by atoms with Crippen molar-refractivity contribution in [1.82, 2.24) is 0 Å². The Morgan fingerprint density at radius 2 is 2.29 bits per heavy atom. The first-order chi connectivity index (χ1) is 8.08. The van der Waals surface area contributed by atoms with Gasteiger partial charge in [-0.25, -0.2) is 4.39 Å². The van der Waals surface area contributed by atoms with E-state index in [4.69, 9.17) is 10.5 Å². The summed E-state index contributed by atoms with van der Waals surface area (Å²) in [5, 5.41) is 3.28. The second kappa shape index (κ2) is 4.92. The molecule has 1 aromatic carbocycles. The minimum atomic E-state index is -0.259. The second-order valence-electron chi connectivity index (χ2n) is 4.69. The minimum Gasteiger partial charge on any atom is -0.397 e. The number of halogens is 1. The Hall–Kier alpha value is -1.29. The Morgan fingerprint density at radius 3 is 2.94 bits per heavy atom. The molecular formula is C13H19FN2O. The van der Waals surface area contributed by atoms with Gasteiger partial charge in [0.25, 0.3) is 0 Å². The predicted molar refractivity (Wildman–Crippen MR) is 67.6 cm³/mol. The van der Waals surface area contributed by atoms with Crippen molar-refractivity contribution in [2.24, 2.45) is 5.92 Å². The molecule has 3 N–H and O–H groups in total. The van der Waals surface area contributed by atoms with Crippen molar-refractivity contribution in [2.75, 3.05) is 24.2 Å². The largest absolute Gasteiger partial charge is 0.397 e. The Bertz CT molecular complexity index is 409. The number of benzene rings is 1. The third kappa shape index (κ3) is 2.69. The average molecular weight is 238 g/mol. The lowest BCUT2D eigenvalue weighted by Crippen LogP contribution is -2.21. The minimum absolute atomic E-state index is 0.259. The van der Waals surface area contributed by atoms with Crippen molar-refractivity contribution in [1.29, 1.82) is 0 Å². The fraction of sp³-hybridized carbons (Fsp3) is 0.538. The fourth-order valence-electron chi connectivity index (χ4n) is 2.14. The number of hydrogen-bond acceptors (Lipinski definition) is 3. The van der Waals surface area contributed by atoms with Crippen LogP contribution < -0.4 is 11.1 Å². The van der Waals surface area contributed by atoms with Gasteiger partial charge in [0.15, 0.2) is 0 Å². The number of nitrogens with one attached hydrogen (secondary N) is 1. The SMILES string of the molecule is Cc1cc(NCC2CCOC2C)c(N)cc1F. The zero-order chi connectivity index (χ0) is 12.4. The van der Waals surface area contributed by atoms with Crippen molar-refractivity contribution in [3.8, 4) is 0 Å². The Balaban J connectivity index is 2.01. The molecule has 0 amide bonds. The number of anilines is 2. The van der Waals surface area contributed by atoms with E-state index >= 15 is 0 Å². The molecule has 2 atom stereocenters. The number of rotatable bonds is 3. The molecule has 0 bridgehead atoms. The maximum atomic E-state index is 13.2. The summed E-state index contributed by atoms with van der Waals surface area (Å²) in [7, 11) is 0. The topological polar surface area (TPSA) is 47.3 Å². The summed E-state index contributed by atoms with van der Waals surface area (Å²) in [4.78, 5) is 0. The summed E-state index contributed by atoms with van der Waals surface area (Å²) in [6.45, 7) is 5.46. The van der Waals surface area contributed by atoms with Crippen LogP contribution in [0.2, 0.25) is 0 Å².